The van der Waals surface area contributed by atoms with Gasteiger partial charge in [0.2, 0.25) is 0 Å². The van der Waals surface area contributed by atoms with Gasteiger partial charge in [0.15, 0.2) is 0 Å². The van der Waals surface area contributed by atoms with Crippen LogP contribution in [0.1, 0.15) is 11.1 Å². The number of nitrogens with one attached hydrogen (secondary N) is 1. The third-order valence-electron chi connectivity index (χ3n) is 3.52. The lowest BCUT2D eigenvalue weighted by molar-refractivity contribution is 0.215. The monoisotopic (exact) mass is 337 g/mol. The van der Waals surface area contributed by atoms with Crippen molar-refractivity contribution in [1.29, 1.82) is 0 Å². The lowest BCUT2D eigenvalue weighted by Crippen LogP contribution is -2.17. The van der Waals surface area contributed by atoms with E-state index in [1.807, 2.05) is 48.5 Å². The number of benzene rings is 3. The first-order valence-electron chi connectivity index (χ1n) is 7.57. The van der Waals surface area contributed by atoms with E-state index in [0.29, 0.717) is 22.9 Å². The summed E-state index contributed by atoms with van der Waals surface area (Å²) in [6, 6.07) is 24.6. The predicted octanol–water partition coefficient (Wildman–Crippen LogP) is 5.54. The SMILES string of the molecule is O=C(Nc1ccccc1Cl)Oc1ccccc1Cc1ccccc1. The molecule has 1 amide bonds. The van der Waals surface area contributed by atoms with E-state index in [0.717, 1.165) is 11.1 Å². The number of ether oxygens (including phenoxy) is 1. The van der Waals surface area contributed by atoms with E-state index in [1.165, 1.54) is 0 Å². The molecule has 1 N–H and O–H groups in total. The van der Waals surface area contributed by atoms with E-state index in [9.17, 15) is 4.79 Å². The molecule has 3 nitrogen and oxygen atoms in total. The van der Waals surface area contributed by atoms with Gasteiger partial charge in [-0.25, -0.2) is 4.79 Å². The summed E-state index contributed by atoms with van der Waals surface area (Å²) in [7, 11) is 0. The summed E-state index contributed by atoms with van der Waals surface area (Å²) in [5.74, 6) is 0.533. The Bertz CT molecular complexity index is 834. The molecule has 0 aromatic heterocycles. The summed E-state index contributed by atoms with van der Waals surface area (Å²) in [6.07, 6.45) is 0.125. The second kappa shape index (κ2) is 7.66. The molecule has 120 valence electrons. The van der Waals surface area contributed by atoms with Crippen LogP contribution in [0.4, 0.5) is 10.5 Å². The maximum Gasteiger partial charge on any atom is 0.417 e. The zero-order valence-electron chi connectivity index (χ0n) is 12.9. The fourth-order valence-corrected chi connectivity index (χ4v) is 2.55. The molecule has 0 unspecified atom stereocenters. The highest BCUT2D eigenvalue weighted by atomic mass is 35.5. The van der Waals surface area contributed by atoms with Gasteiger partial charge in [-0.3, -0.25) is 5.32 Å². The molecule has 0 heterocycles. The molecule has 24 heavy (non-hydrogen) atoms. The summed E-state index contributed by atoms with van der Waals surface area (Å²) in [5, 5.41) is 3.12. The van der Waals surface area contributed by atoms with Gasteiger partial charge in [-0.2, -0.15) is 0 Å². The van der Waals surface area contributed by atoms with Crippen molar-refractivity contribution in [2.24, 2.45) is 0 Å². The molecule has 0 radical (unpaired) electrons. The molecule has 0 atom stereocenters. The summed E-state index contributed by atoms with van der Waals surface area (Å²) >= 11 is 6.04. The van der Waals surface area contributed by atoms with Crippen LogP contribution in [0.3, 0.4) is 0 Å². The van der Waals surface area contributed by atoms with Gasteiger partial charge in [0.1, 0.15) is 5.75 Å². The molecular formula is C20H16ClNO2. The minimum atomic E-state index is -0.566. The summed E-state index contributed by atoms with van der Waals surface area (Å²) in [4.78, 5) is 12.1. The molecule has 0 aliphatic heterocycles. The van der Waals surface area contributed by atoms with Crippen LogP contribution in [-0.2, 0) is 6.42 Å². The van der Waals surface area contributed by atoms with Crippen LogP contribution in [0, 0.1) is 0 Å². The van der Waals surface area contributed by atoms with Gasteiger partial charge < -0.3 is 4.74 Å². The molecule has 0 aliphatic rings. The molecule has 0 saturated heterocycles. The highest BCUT2D eigenvalue weighted by Crippen LogP contribution is 2.24. The Morgan fingerprint density at radius 3 is 2.33 bits per heavy atom. The van der Waals surface area contributed by atoms with Crippen LogP contribution in [0.2, 0.25) is 5.02 Å². The molecule has 0 saturated carbocycles. The third-order valence-corrected chi connectivity index (χ3v) is 3.85. The minimum Gasteiger partial charge on any atom is -0.410 e. The van der Waals surface area contributed by atoms with Crippen LogP contribution in [0.5, 0.6) is 5.75 Å². The number of halogens is 1. The van der Waals surface area contributed by atoms with Gasteiger partial charge >= 0.3 is 6.09 Å². The van der Waals surface area contributed by atoms with Crippen LogP contribution in [-0.4, -0.2) is 6.09 Å². The molecule has 0 spiro atoms. The van der Waals surface area contributed by atoms with Gasteiger partial charge in [-0.15, -0.1) is 0 Å². The zero-order valence-corrected chi connectivity index (χ0v) is 13.7. The van der Waals surface area contributed by atoms with Gasteiger partial charge in [0.05, 0.1) is 10.7 Å². The molecule has 3 aromatic carbocycles. The molecule has 0 aliphatic carbocycles. The van der Waals surface area contributed by atoms with Crippen LogP contribution in [0.15, 0.2) is 78.9 Å². The summed E-state index contributed by atoms with van der Waals surface area (Å²) in [5.41, 5.74) is 2.61. The first kappa shape index (κ1) is 16.1. The molecule has 3 aromatic rings. The van der Waals surface area contributed by atoms with E-state index in [1.54, 1.807) is 30.3 Å². The van der Waals surface area contributed by atoms with E-state index >= 15 is 0 Å². The van der Waals surface area contributed by atoms with Crippen LogP contribution >= 0.6 is 11.6 Å². The Balaban J connectivity index is 1.73. The van der Waals surface area contributed by atoms with Crippen molar-refractivity contribution < 1.29 is 9.53 Å². The maximum absolute atomic E-state index is 12.1. The number of para-hydroxylation sites is 2. The van der Waals surface area contributed by atoms with Gasteiger partial charge in [-0.05, 0) is 29.3 Å². The van der Waals surface area contributed by atoms with Crippen molar-refractivity contribution in [3.63, 3.8) is 0 Å². The molecule has 0 bridgehead atoms. The molecular weight excluding hydrogens is 322 g/mol. The lowest BCUT2D eigenvalue weighted by atomic mass is 10.0. The Labute approximate surface area is 145 Å². The van der Waals surface area contributed by atoms with Crippen LogP contribution in [0.25, 0.3) is 0 Å². The van der Waals surface area contributed by atoms with Gasteiger partial charge in [0, 0.05) is 6.42 Å². The normalized spacial score (nSPS) is 10.2. The highest BCUT2D eigenvalue weighted by molar-refractivity contribution is 6.33. The fraction of sp³-hybridized carbons (Fsp3) is 0.0500. The largest absolute Gasteiger partial charge is 0.417 e. The molecule has 3 rings (SSSR count). The van der Waals surface area contributed by atoms with E-state index in [4.69, 9.17) is 16.3 Å². The lowest BCUT2D eigenvalue weighted by Gasteiger charge is -2.11. The van der Waals surface area contributed by atoms with Gasteiger partial charge in [0.25, 0.3) is 0 Å². The van der Waals surface area contributed by atoms with Crippen molar-refractivity contribution in [3.05, 3.63) is 95.0 Å². The fourth-order valence-electron chi connectivity index (χ4n) is 2.36. The van der Waals surface area contributed by atoms with E-state index < -0.39 is 6.09 Å². The Hall–Kier alpha value is -2.78. The number of amides is 1. The average Bonchev–Trinajstić information content (AvgIpc) is 2.60. The standard InChI is InChI=1S/C20H16ClNO2/c21-17-11-5-6-12-18(17)22-20(23)24-19-13-7-4-10-16(19)14-15-8-2-1-3-9-15/h1-13H,14H2,(H,22,23). The molecule has 4 heteroatoms. The Kier molecular flexibility index (Phi) is 5.14. The number of hydrogen-bond donors (Lipinski definition) is 1. The van der Waals surface area contributed by atoms with Crippen molar-refractivity contribution in [1.82, 2.24) is 0 Å². The first-order valence-corrected chi connectivity index (χ1v) is 7.95. The number of anilines is 1. The predicted molar refractivity (Wildman–Crippen MR) is 96.8 cm³/mol. The average molecular weight is 338 g/mol. The zero-order chi connectivity index (χ0) is 16.8. The second-order valence-corrected chi connectivity index (χ2v) is 5.67. The van der Waals surface area contributed by atoms with Crippen molar-refractivity contribution in [2.45, 2.75) is 6.42 Å². The summed E-state index contributed by atoms with van der Waals surface area (Å²) < 4.78 is 5.47. The van der Waals surface area contributed by atoms with Crippen LogP contribution < -0.4 is 10.1 Å². The van der Waals surface area contributed by atoms with Crippen molar-refractivity contribution >= 4 is 23.4 Å². The number of rotatable bonds is 4. The molecule has 0 fully saturated rings. The smallest absolute Gasteiger partial charge is 0.410 e. The minimum absolute atomic E-state index is 0.465. The topological polar surface area (TPSA) is 38.3 Å². The Morgan fingerprint density at radius 2 is 1.54 bits per heavy atom. The van der Waals surface area contributed by atoms with E-state index in [2.05, 4.69) is 5.32 Å². The maximum atomic E-state index is 12.1. The van der Waals surface area contributed by atoms with E-state index in [-0.39, 0.29) is 0 Å². The van der Waals surface area contributed by atoms with Gasteiger partial charge in [-0.1, -0.05) is 72.3 Å². The number of carbonyl (C=O) groups is 1. The first-order chi connectivity index (χ1) is 11.7. The third kappa shape index (κ3) is 4.15. The Morgan fingerprint density at radius 1 is 0.875 bits per heavy atom. The summed E-state index contributed by atoms with van der Waals surface area (Å²) in [6.45, 7) is 0. The van der Waals surface area contributed by atoms with Crippen molar-refractivity contribution in [2.75, 3.05) is 5.32 Å². The number of carbonyl (C=O) groups excluding carboxylic acids is 1. The van der Waals surface area contributed by atoms with Crippen molar-refractivity contribution in [3.8, 4) is 5.75 Å². The highest BCUT2D eigenvalue weighted by Gasteiger charge is 2.11. The quantitative estimate of drug-likeness (QED) is 0.678. The second-order valence-electron chi connectivity index (χ2n) is 5.26. The number of hydrogen-bond acceptors (Lipinski definition) is 2.